The van der Waals surface area contributed by atoms with Gasteiger partial charge in [0.05, 0.1) is 11.4 Å². The molecule has 2 heterocycles. The summed E-state index contributed by atoms with van der Waals surface area (Å²) in [5, 5.41) is 7.45. The summed E-state index contributed by atoms with van der Waals surface area (Å²) in [4.78, 5) is 22.2. The van der Waals surface area contributed by atoms with Crippen molar-refractivity contribution >= 4 is 46.2 Å². The molecule has 2 atom stereocenters. The average molecular weight is 470 g/mol. The lowest BCUT2D eigenvalue weighted by atomic mass is 10.0. The Balaban J connectivity index is 1.60. The predicted molar refractivity (Wildman–Crippen MR) is 135 cm³/mol. The van der Waals surface area contributed by atoms with Gasteiger partial charge in [-0.2, -0.15) is 0 Å². The number of carbonyl (C=O) groups excluding carboxylic acids is 1. The summed E-state index contributed by atoms with van der Waals surface area (Å²) >= 11 is 11.8. The Kier molecular flexibility index (Phi) is 7.08. The van der Waals surface area contributed by atoms with Crippen molar-refractivity contribution in [1.82, 2.24) is 15.5 Å². The van der Waals surface area contributed by atoms with E-state index in [2.05, 4.69) is 22.5 Å². The number of benzodiazepines with no additional fused rings is 1. The van der Waals surface area contributed by atoms with Crippen molar-refractivity contribution in [3.05, 3.63) is 64.7 Å². The van der Waals surface area contributed by atoms with E-state index in [0.29, 0.717) is 21.9 Å². The Hall–Kier alpha value is -2.48. The molecule has 2 unspecified atom stereocenters. The van der Waals surface area contributed by atoms with Crippen molar-refractivity contribution in [2.24, 2.45) is 4.99 Å². The number of hydrogen-bond acceptors (Lipinski definition) is 4. The molecule has 4 rings (SSSR count). The third-order valence-electron chi connectivity index (χ3n) is 6.12. The van der Waals surface area contributed by atoms with E-state index in [9.17, 15) is 4.79 Å². The Morgan fingerprint density at radius 3 is 2.78 bits per heavy atom. The summed E-state index contributed by atoms with van der Waals surface area (Å²) in [5.74, 6) is -0.181. The van der Waals surface area contributed by atoms with Gasteiger partial charge in [-0.3, -0.25) is 9.69 Å². The molecule has 2 N–H and O–H groups in total. The fourth-order valence-electron chi connectivity index (χ4n) is 4.39. The number of likely N-dealkylation sites (N-methyl/N-ethyl adjacent to an activating group) is 2. The number of thiocarbonyl (C=S) groups is 1. The Morgan fingerprint density at radius 1 is 1.25 bits per heavy atom. The van der Waals surface area contributed by atoms with E-state index < -0.39 is 6.17 Å². The highest BCUT2D eigenvalue weighted by Gasteiger charge is 2.31. The Morgan fingerprint density at radius 2 is 2.03 bits per heavy atom. The molecule has 0 spiro atoms. The number of nitrogens with zero attached hydrogens (tertiary/aromatic N) is 3. The van der Waals surface area contributed by atoms with Crippen LogP contribution in [0.5, 0.6) is 0 Å². The molecule has 1 saturated heterocycles. The van der Waals surface area contributed by atoms with Gasteiger partial charge in [0, 0.05) is 35.8 Å². The van der Waals surface area contributed by atoms with Gasteiger partial charge in [0.2, 0.25) is 6.17 Å². The largest absolute Gasteiger partial charge is 0.361 e. The molecule has 1 amide bonds. The number of benzene rings is 2. The highest BCUT2D eigenvalue weighted by molar-refractivity contribution is 7.80. The van der Waals surface area contributed by atoms with Crippen LogP contribution >= 0.6 is 23.8 Å². The van der Waals surface area contributed by atoms with Crippen LogP contribution in [0.25, 0.3) is 0 Å². The van der Waals surface area contributed by atoms with Gasteiger partial charge in [-0.15, -0.1) is 0 Å². The molecule has 2 aromatic carbocycles. The minimum absolute atomic E-state index is 0.181. The van der Waals surface area contributed by atoms with E-state index in [-0.39, 0.29) is 5.91 Å². The molecule has 0 radical (unpaired) electrons. The lowest BCUT2D eigenvalue weighted by molar-refractivity contribution is -0.119. The van der Waals surface area contributed by atoms with Gasteiger partial charge in [-0.1, -0.05) is 48.9 Å². The van der Waals surface area contributed by atoms with Crippen molar-refractivity contribution in [1.29, 1.82) is 0 Å². The zero-order chi connectivity index (χ0) is 22.7. The van der Waals surface area contributed by atoms with Gasteiger partial charge < -0.3 is 15.5 Å². The number of halogens is 1. The molecular formula is C24H28ClN5OS. The van der Waals surface area contributed by atoms with E-state index in [1.807, 2.05) is 42.5 Å². The van der Waals surface area contributed by atoms with E-state index in [4.69, 9.17) is 28.8 Å². The molecule has 1 fully saturated rings. The summed E-state index contributed by atoms with van der Waals surface area (Å²) in [6.45, 7) is 5.09. The van der Waals surface area contributed by atoms with E-state index >= 15 is 0 Å². The number of aliphatic imine (C=N–C) groups is 1. The van der Waals surface area contributed by atoms with Crippen LogP contribution < -0.4 is 15.5 Å². The minimum Gasteiger partial charge on any atom is -0.361 e. The SMILES string of the molecule is CCN1CCCC1CNC(=S)NC1N=C(c2ccccc2)c2cc(Cl)ccc2N(C)C1=O. The lowest BCUT2D eigenvalue weighted by Crippen LogP contribution is -2.51. The fourth-order valence-corrected chi connectivity index (χ4v) is 4.76. The minimum atomic E-state index is -0.841. The zero-order valence-electron chi connectivity index (χ0n) is 18.3. The topological polar surface area (TPSA) is 60.0 Å². The third kappa shape index (κ3) is 4.80. The lowest BCUT2D eigenvalue weighted by Gasteiger charge is -2.25. The van der Waals surface area contributed by atoms with Gasteiger partial charge in [0.1, 0.15) is 0 Å². The zero-order valence-corrected chi connectivity index (χ0v) is 19.9. The number of fused-ring (bicyclic) bond motifs is 1. The maximum Gasteiger partial charge on any atom is 0.272 e. The van der Waals surface area contributed by atoms with Crippen LogP contribution in [0.15, 0.2) is 53.5 Å². The molecule has 0 bridgehead atoms. The van der Waals surface area contributed by atoms with Gasteiger partial charge in [0.25, 0.3) is 5.91 Å². The van der Waals surface area contributed by atoms with Crippen molar-refractivity contribution in [2.45, 2.75) is 32.0 Å². The molecule has 2 aromatic rings. The first-order chi connectivity index (χ1) is 15.5. The van der Waals surface area contributed by atoms with Gasteiger partial charge >= 0.3 is 0 Å². The fraction of sp³-hybridized carbons (Fsp3) is 0.375. The normalized spacial score (nSPS) is 21.0. The molecule has 2 aliphatic heterocycles. The molecule has 2 aliphatic rings. The van der Waals surface area contributed by atoms with Crippen LogP contribution in [0.2, 0.25) is 5.02 Å². The smallest absolute Gasteiger partial charge is 0.272 e. The first-order valence-corrected chi connectivity index (χ1v) is 11.8. The van der Waals surface area contributed by atoms with Gasteiger partial charge in [-0.05, 0) is 56.3 Å². The summed E-state index contributed by atoms with van der Waals surface area (Å²) in [7, 11) is 1.75. The maximum absolute atomic E-state index is 13.3. The molecule has 168 valence electrons. The van der Waals surface area contributed by atoms with Gasteiger partial charge in [0.15, 0.2) is 5.11 Å². The Labute approximate surface area is 199 Å². The quantitative estimate of drug-likeness (QED) is 0.657. The molecule has 8 heteroatoms. The van der Waals surface area contributed by atoms with Crippen LogP contribution in [-0.2, 0) is 4.79 Å². The number of carbonyl (C=O) groups is 1. The van der Waals surface area contributed by atoms with Crippen molar-refractivity contribution < 1.29 is 4.79 Å². The predicted octanol–water partition coefficient (Wildman–Crippen LogP) is 3.43. The first-order valence-electron chi connectivity index (χ1n) is 11.0. The highest BCUT2D eigenvalue weighted by atomic mass is 35.5. The number of likely N-dealkylation sites (tertiary alicyclic amines) is 1. The maximum atomic E-state index is 13.3. The molecule has 0 aliphatic carbocycles. The highest BCUT2D eigenvalue weighted by Crippen LogP contribution is 2.29. The van der Waals surface area contributed by atoms with Crippen LogP contribution in [0.1, 0.15) is 30.9 Å². The summed E-state index contributed by atoms with van der Waals surface area (Å²) in [6, 6.07) is 15.8. The molecule has 0 saturated carbocycles. The van der Waals surface area contributed by atoms with Crippen molar-refractivity contribution in [3.8, 4) is 0 Å². The summed E-state index contributed by atoms with van der Waals surface area (Å²) in [5.41, 5.74) is 3.19. The number of rotatable bonds is 5. The van der Waals surface area contributed by atoms with Crippen molar-refractivity contribution in [2.75, 3.05) is 31.6 Å². The second kappa shape index (κ2) is 9.98. The third-order valence-corrected chi connectivity index (χ3v) is 6.61. The molecule has 0 aromatic heterocycles. The van der Waals surface area contributed by atoms with Crippen LogP contribution in [0.4, 0.5) is 5.69 Å². The van der Waals surface area contributed by atoms with Crippen LogP contribution in [0.3, 0.4) is 0 Å². The van der Waals surface area contributed by atoms with E-state index in [1.54, 1.807) is 18.0 Å². The van der Waals surface area contributed by atoms with Crippen molar-refractivity contribution in [3.63, 3.8) is 0 Å². The second-order valence-electron chi connectivity index (χ2n) is 8.08. The number of amides is 1. The number of anilines is 1. The standard InChI is InChI=1S/C24H28ClN5OS/c1-3-30-13-7-10-18(30)15-26-24(32)28-22-23(31)29(2)20-12-11-17(25)14-19(20)21(27-22)16-8-5-4-6-9-16/h4-6,8-9,11-12,14,18,22H,3,7,10,13,15H2,1-2H3,(H2,26,28,32). The Bertz CT molecular complexity index is 1030. The van der Waals surface area contributed by atoms with E-state index in [0.717, 1.165) is 42.9 Å². The average Bonchev–Trinajstić information content (AvgIpc) is 3.24. The summed E-state index contributed by atoms with van der Waals surface area (Å²) in [6.07, 6.45) is 1.52. The number of hydrogen-bond donors (Lipinski definition) is 2. The van der Waals surface area contributed by atoms with Crippen LogP contribution in [0, 0.1) is 0 Å². The number of nitrogens with one attached hydrogen (secondary N) is 2. The first kappa shape index (κ1) is 22.7. The molecule has 32 heavy (non-hydrogen) atoms. The van der Waals surface area contributed by atoms with Crippen LogP contribution in [-0.4, -0.2) is 60.5 Å². The summed E-state index contributed by atoms with van der Waals surface area (Å²) < 4.78 is 0. The second-order valence-corrected chi connectivity index (χ2v) is 8.93. The monoisotopic (exact) mass is 469 g/mol. The van der Waals surface area contributed by atoms with E-state index in [1.165, 1.54) is 6.42 Å². The molecular weight excluding hydrogens is 442 g/mol. The molecule has 6 nitrogen and oxygen atoms in total. The van der Waals surface area contributed by atoms with Gasteiger partial charge in [-0.25, -0.2) is 4.99 Å².